The van der Waals surface area contributed by atoms with E-state index in [-0.39, 0.29) is 6.61 Å². The molecule has 2 aromatic rings. The second-order valence-corrected chi connectivity index (χ2v) is 4.24. The Hall–Kier alpha value is -1.66. The summed E-state index contributed by atoms with van der Waals surface area (Å²) in [7, 11) is 0. The molecule has 90 valence electrons. The van der Waals surface area contributed by atoms with Gasteiger partial charge in [-0.3, -0.25) is 4.90 Å². The van der Waals surface area contributed by atoms with E-state index in [1.807, 2.05) is 0 Å². The largest absolute Gasteiger partial charge is 0.459 e. The monoisotopic (exact) mass is 235 g/mol. The molecule has 0 unspecified atom stereocenters. The van der Waals surface area contributed by atoms with Crippen LogP contribution in [0.2, 0.25) is 0 Å². The van der Waals surface area contributed by atoms with Crippen molar-refractivity contribution in [1.82, 2.24) is 15.0 Å². The summed E-state index contributed by atoms with van der Waals surface area (Å²) in [4.78, 5) is 6.41. The SMILES string of the molecule is OCC1CN(Cc2noc(-c3ccco3)n2)C1. The van der Waals surface area contributed by atoms with Gasteiger partial charge in [-0.05, 0) is 12.1 Å². The van der Waals surface area contributed by atoms with Gasteiger partial charge in [0.2, 0.25) is 0 Å². The summed E-state index contributed by atoms with van der Waals surface area (Å²) < 4.78 is 10.3. The number of rotatable bonds is 4. The summed E-state index contributed by atoms with van der Waals surface area (Å²) in [5, 5.41) is 12.8. The molecule has 0 aliphatic carbocycles. The highest BCUT2D eigenvalue weighted by molar-refractivity contribution is 5.42. The highest BCUT2D eigenvalue weighted by Gasteiger charge is 2.27. The zero-order valence-corrected chi connectivity index (χ0v) is 9.24. The van der Waals surface area contributed by atoms with Gasteiger partial charge < -0.3 is 14.0 Å². The average molecular weight is 235 g/mol. The zero-order chi connectivity index (χ0) is 11.7. The lowest BCUT2D eigenvalue weighted by Crippen LogP contribution is -2.47. The molecule has 0 aromatic carbocycles. The van der Waals surface area contributed by atoms with E-state index >= 15 is 0 Å². The average Bonchev–Trinajstić information content (AvgIpc) is 2.92. The molecule has 1 saturated heterocycles. The van der Waals surface area contributed by atoms with Gasteiger partial charge in [0.1, 0.15) is 0 Å². The van der Waals surface area contributed by atoms with Crippen LogP contribution in [0.4, 0.5) is 0 Å². The first-order valence-corrected chi connectivity index (χ1v) is 5.55. The van der Waals surface area contributed by atoms with Crippen LogP contribution >= 0.6 is 0 Å². The molecule has 6 heteroatoms. The fourth-order valence-corrected chi connectivity index (χ4v) is 1.94. The van der Waals surface area contributed by atoms with Gasteiger partial charge in [-0.1, -0.05) is 5.16 Å². The molecule has 2 aromatic heterocycles. The number of aromatic nitrogens is 2. The lowest BCUT2D eigenvalue weighted by Gasteiger charge is -2.37. The number of aliphatic hydroxyl groups is 1. The Morgan fingerprint density at radius 1 is 1.47 bits per heavy atom. The number of furan rings is 1. The molecule has 1 aliphatic rings. The highest BCUT2D eigenvalue weighted by atomic mass is 16.5. The molecule has 1 fully saturated rings. The van der Waals surface area contributed by atoms with Crippen LogP contribution < -0.4 is 0 Å². The van der Waals surface area contributed by atoms with E-state index in [1.54, 1.807) is 18.4 Å². The van der Waals surface area contributed by atoms with E-state index in [0.717, 1.165) is 13.1 Å². The predicted octanol–water partition coefficient (Wildman–Crippen LogP) is 0.754. The Balaban J connectivity index is 1.62. The molecule has 1 aliphatic heterocycles. The van der Waals surface area contributed by atoms with Gasteiger partial charge in [0.15, 0.2) is 11.6 Å². The third-order valence-corrected chi connectivity index (χ3v) is 2.86. The number of aliphatic hydroxyl groups excluding tert-OH is 1. The number of nitrogens with zero attached hydrogens (tertiary/aromatic N) is 3. The smallest absolute Gasteiger partial charge is 0.293 e. The minimum Gasteiger partial charge on any atom is -0.459 e. The third-order valence-electron chi connectivity index (χ3n) is 2.86. The molecular weight excluding hydrogens is 222 g/mol. The van der Waals surface area contributed by atoms with Crippen molar-refractivity contribution in [2.75, 3.05) is 19.7 Å². The number of likely N-dealkylation sites (tertiary alicyclic amines) is 1. The molecule has 0 atom stereocenters. The normalized spacial score (nSPS) is 17.2. The Morgan fingerprint density at radius 3 is 3.06 bits per heavy atom. The summed E-state index contributed by atoms with van der Waals surface area (Å²) in [6.45, 7) is 2.68. The van der Waals surface area contributed by atoms with Crippen molar-refractivity contribution in [2.45, 2.75) is 6.54 Å². The Bertz CT molecular complexity index is 474. The standard InChI is InChI=1S/C11H13N3O3/c15-7-8-4-14(5-8)6-10-12-11(17-13-10)9-2-1-3-16-9/h1-3,8,15H,4-7H2. The van der Waals surface area contributed by atoms with E-state index in [1.165, 1.54) is 0 Å². The molecule has 0 bridgehead atoms. The summed E-state index contributed by atoms with van der Waals surface area (Å²) >= 11 is 0. The number of hydrogen-bond donors (Lipinski definition) is 1. The van der Waals surface area contributed by atoms with E-state index in [4.69, 9.17) is 14.0 Å². The van der Waals surface area contributed by atoms with Crippen molar-refractivity contribution >= 4 is 0 Å². The van der Waals surface area contributed by atoms with Gasteiger partial charge in [0.05, 0.1) is 12.8 Å². The summed E-state index contributed by atoms with van der Waals surface area (Å²) in [5.41, 5.74) is 0. The Kier molecular flexibility index (Phi) is 2.66. The summed E-state index contributed by atoms with van der Waals surface area (Å²) in [5.74, 6) is 2.03. The molecule has 6 nitrogen and oxygen atoms in total. The second kappa shape index (κ2) is 4.31. The Labute approximate surface area is 97.8 Å². The molecule has 0 radical (unpaired) electrons. The van der Waals surface area contributed by atoms with E-state index in [0.29, 0.717) is 29.9 Å². The maximum absolute atomic E-state index is 8.91. The molecule has 1 N–H and O–H groups in total. The van der Waals surface area contributed by atoms with E-state index in [2.05, 4.69) is 15.0 Å². The van der Waals surface area contributed by atoms with Gasteiger partial charge >= 0.3 is 0 Å². The van der Waals surface area contributed by atoms with Gasteiger partial charge in [-0.15, -0.1) is 0 Å². The predicted molar refractivity (Wildman–Crippen MR) is 57.9 cm³/mol. The fraction of sp³-hybridized carbons (Fsp3) is 0.455. The first-order chi connectivity index (χ1) is 8.35. The Morgan fingerprint density at radius 2 is 2.35 bits per heavy atom. The van der Waals surface area contributed by atoms with Crippen LogP contribution in [-0.2, 0) is 6.54 Å². The van der Waals surface area contributed by atoms with Crippen LogP contribution in [0.3, 0.4) is 0 Å². The van der Waals surface area contributed by atoms with Crippen LogP contribution in [0.1, 0.15) is 5.82 Å². The first kappa shape index (κ1) is 10.5. The first-order valence-electron chi connectivity index (χ1n) is 5.55. The van der Waals surface area contributed by atoms with Crippen molar-refractivity contribution in [2.24, 2.45) is 5.92 Å². The van der Waals surface area contributed by atoms with Crippen molar-refractivity contribution in [1.29, 1.82) is 0 Å². The van der Waals surface area contributed by atoms with Gasteiger partial charge in [-0.2, -0.15) is 4.98 Å². The van der Waals surface area contributed by atoms with Crippen molar-refractivity contribution in [3.05, 3.63) is 24.2 Å². The van der Waals surface area contributed by atoms with Crippen molar-refractivity contribution < 1.29 is 14.0 Å². The minimum atomic E-state index is 0.250. The van der Waals surface area contributed by atoms with Crippen LogP contribution in [0.5, 0.6) is 0 Å². The zero-order valence-electron chi connectivity index (χ0n) is 9.24. The van der Waals surface area contributed by atoms with E-state index < -0.39 is 0 Å². The summed E-state index contributed by atoms with van der Waals surface area (Å²) in [6, 6.07) is 3.56. The molecule has 0 saturated carbocycles. The molecule has 0 spiro atoms. The van der Waals surface area contributed by atoms with E-state index in [9.17, 15) is 0 Å². The van der Waals surface area contributed by atoms with Gasteiger partial charge in [0.25, 0.3) is 5.89 Å². The van der Waals surface area contributed by atoms with Crippen LogP contribution in [0, 0.1) is 5.92 Å². The quantitative estimate of drug-likeness (QED) is 0.843. The maximum atomic E-state index is 8.91. The molecular formula is C11H13N3O3. The molecule has 3 heterocycles. The molecule has 3 rings (SSSR count). The second-order valence-electron chi connectivity index (χ2n) is 4.24. The lowest BCUT2D eigenvalue weighted by molar-refractivity contribution is 0.0454. The summed E-state index contributed by atoms with van der Waals surface area (Å²) in [6.07, 6.45) is 1.57. The van der Waals surface area contributed by atoms with Crippen LogP contribution in [0.25, 0.3) is 11.7 Å². The molecule has 17 heavy (non-hydrogen) atoms. The lowest BCUT2D eigenvalue weighted by atomic mass is 10.0. The van der Waals surface area contributed by atoms with Gasteiger partial charge in [-0.25, -0.2) is 0 Å². The minimum absolute atomic E-state index is 0.250. The number of hydrogen-bond acceptors (Lipinski definition) is 6. The topological polar surface area (TPSA) is 75.5 Å². The maximum Gasteiger partial charge on any atom is 0.293 e. The molecule has 0 amide bonds. The van der Waals surface area contributed by atoms with Crippen molar-refractivity contribution in [3.8, 4) is 11.7 Å². The third kappa shape index (κ3) is 2.09. The fourth-order valence-electron chi connectivity index (χ4n) is 1.94. The van der Waals surface area contributed by atoms with Gasteiger partial charge in [0, 0.05) is 25.6 Å². The van der Waals surface area contributed by atoms with Crippen LogP contribution in [-0.4, -0.2) is 39.8 Å². The van der Waals surface area contributed by atoms with Crippen molar-refractivity contribution in [3.63, 3.8) is 0 Å². The highest BCUT2D eigenvalue weighted by Crippen LogP contribution is 2.20. The van der Waals surface area contributed by atoms with Crippen LogP contribution in [0.15, 0.2) is 27.3 Å².